The molecule has 1 rings (SSSR count). The third-order valence-corrected chi connectivity index (χ3v) is 2.90. The average molecular weight is 242 g/mol. The quantitative estimate of drug-likeness (QED) is 0.741. The Labute approximate surface area is 93.0 Å². The van der Waals surface area contributed by atoms with Gasteiger partial charge in [0.15, 0.2) is 0 Å². The first kappa shape index (κ1) is 13.7. The molecule has 0 aromatic heterocycles. The molecule has 0 amide bonds. The van der Waals surface area contributed by atoms with Crippen LogP contribution >= 0.6 is 0 Å². The summed E-state index contributed by atoms with van der Waals surface area (Å²) in [5.74, 6) is -3.93. The summed E-state index contributed by atoms with van der Waals surface area (Å²) < 4.78 is 49.0. The lowest BCUT2D eigenvalue weighted by atomic mass is 10.2. The molecule has 1 unspecified atom stereocenters. The second kappa shape index (κ2) is 5.31. The lowest BCUT2D eigenvalue weighted by Gasteiger charge is -2.22. The molecule has 96 valence electrons. The summed E-state index contributed by atoms with van der Waals surface area (Å²) in [6.07, 6.45) is -2.86. The van der Waals surface area contributed by atoms with Crippen molar-refractivity contribution in [1.29, 1.82) is 0 Å². The van der Waals surface area contributed by atoms with E-state index in [9.17, 15) is 17.6 Å². The van der Waals surface area contributed by atoms with Crippen molar-refractivity contribution < 1.29 is 17.6 Å². The summed E-state index contributed by atoms with van der Waals surface area (Å²) in [5, 5.41) is 2.52. The van der Waals surface area contributed by atoms with E-state index in [0.717, 1.165) is 13.0 Å². The molecular weight excluding hydrogens is 224 g/mol. The molecule has 0 spiro atoms. The summed E-state index contributed by atoms with van der Waals surface area (Å²) in [7, 11) is 0. The van der Waals surface area contributed by atoms with Crippen molar-refractivity contribution in [3.05, 3.63) is 0 Å². The van der Waals surface area contributed by atoms with Gasteiger partial charge in [0, 0.05) is 18.6 Å². The van der Waals surface area contributed by atoms with E-state index >= 15 is 0 Å². The topological polar surface area (TPSA) is 15.3 Å². The number of nitrogens with one attached hydrogen (secondary N) is 1. The predicted molar refractivity (Wildman–Crippen MR) is 54.1 cm³/mol. The number of hydrogen-bond acceptors (Lipinski definition) is 2. The van der Waals surface area contributed by atoms with Crippen LogP contribution in [0.15, 0.2) is 0 Å². The minimum Gasteiger partial charge on any atom is -0.307 e. The van der Waals surface area contributed by atoms with Crippen molar-refractivity contribution in [2.45, 2.75) is 44.7 Å². The van der Waals surface area contributed by atoms with E-state index in [1.54, 1.807) is 0 Å². The molecule has 1 aliphatic rings. The normalized spacial score (nSPS) is 23.6. The van der Waals surface area contributed by atoms with Crippen LogP contribution in [0.4, 0.5) is 17.6 Å². The molecule has 6 heteroatoms. The van der Waals surface area contributed by atoms with Gasteiger partial charge in [-0.1, -0.05) is 0 Å². The monoisotopic (exact) mass is 242 g/mol. The molecule has 0 aromatic rings. The molecule has 0 aromatic carbocycles. The Balaban J connectivity index is 2.30. The van der Waals surface area contributed by atoms with Gasteiger partial charge in [0.2, 0.25) is 0 Å². The fourth-order valence-corrected chi connectivity index (χ4v) is 1.78. The van der Waals surface area contributed by atoms with Gasteiger partial charge in [-0.25, -0.2) is 8.78 Å². The standard InChI is InChI=1S/C10H18F4N2/c1-7(2)16-4-3-8(5-16)15-6-10(13,14)9(11)12/h7-9,15H,3-6H2,1-2H3. The largest absolute Gasteiger partial charge is 0.319 e. The van der Waals surface area contributed by atoms with Crippen molar-refractivity contribution in [3.63, 3.8) is 0 Å². The molecule has 1 aliphatic heterocycles. The number of halogens is 4. The maximum absolute atomic E-state index is 12.6. The van der Waals surface area contributed by atoms with Crippen molar-refractivity contribution in [2.24, 2.45) is 0 Å². The first-order valence-electron chi connectivity index (χ1n) is 5.46. The van der Waals surface area contributed by atoms with E-state index in [2.05, 4.69) is 10.2 Å². The highest BCUT2D eigenvalue weighted by Gasteiger charge is 2.41. The van der Waals surface area contributed by atoms with Crippen LogP contribution in [0.25, 0.3) is 0 Å². The second-order valence-corrected chi connectivity index (χ2v) is 4.52. The maximum atomic E-state index is 12.6. The van der Waals surface area contributed by atoms with Crippen LogP contribution in [0.2, 0.25) is 0 Å². The first-order chi connectivity index (χ1) is 7.33. The molecule has 0 bridgehead atoms. The number of alkyl halides is 4. The van der Waals surface area contributed by atoms with E-state index in [1.807, 2.05) is 13.8 Å². The average Bonchev–Trinajstić information content (AvgIpc) is 2.63. The minimum absolute atomic E-state index is 0.105. The molecule has 1 saturated heterocycles. The molecular formula is C10H18F4N2. The van der Waals surface area contributed by atoms with Crippen molar-refractivity contribution in [3.8, 4) is 0 Å². The van der Waals surface area contributed by atoms with E-state index in [-0.39, 0.29) is 6.04 Å². The van der Waals surface area contributed by atoms with Gasteiger partial charge >= 0.3 is 12.3 Å². The first-order valence-corrected chi connectivity index (χ1v) is 5.46. The van der Waals surface area contributed by atoms with Crippen LogP contribution in [0, 0.1) is 0 Å². The van der Waals surface area contributed by atoms with Crippen LogP contribution in [0.5, 0.6) is 0 Å². The summed E-state index contributed by atoms with van der Waals surface area (Å²) in [5.41, 5.74) is 0. The minimum atomic E-state index is -3.93. The zero-order chi connectivity index (χ0) is 12.3. The molecule has 1 heterocycles. The van der Waals surface area contributed by atoms with Crippen molar-refractivity contribution >= 4 is 0 Å². The molecule has 0 saturated carbocycles. The lowest BCUT2D eigenvalue weighted by molar-refractivity contribution is -0.126. The lowest BCUT2D eigenvalue weighted by Crippen LogP contribution is -2.44. The van der Waals surface area contributed by atoms with E-state index in [1.165, 1.54) is 0 Å². The molecule has 0 radical (unpaired) electrons. The summed E-state index contributed by atoms with van der Waals surface area (Å²) >= 11 is 0. The van der Waals surface area contributed by atoms with Gasteiger partial charge in [0.25, 0.3) is 0 Å². The van der Waals surface area contributed by atoms with E-state index < -0.39 is 18.9 Å². The van der Waals surface area contributed by atoms with E-state index in [0.29, 0.717) is 12.6 Å². The van der Waals surface area contributed by atoms with Gasteiger partial charge in [-0.05, 0) is 26.8 Å². The smallest absolute Gasteiger partial charge is 0.307 e. The summed E-state index contributed by atoms with van der Waals surface area (Å²) in [6, 6.07) is 0.259. The second-order valence-electron chi connectivity index (χ2n) is 4.52. The summed E-state index contributed by atoms with van der Waals surface area (Å²) in [6.45, 7) is 4.58. The molecule has 1 N–H and O–H groups in total. The van der Waals surface area contributed by atoms with Crippen molar-refractivity contribution in [1.82, 2.24) is 10.2 Å². The fourth-order valence-electron chi connectivity index (χ4n) is 1.78. The Morgan fingerprint density at radius 2 is 2.00 bits per heavy atom. The maximum Gasteiger partial charge on any atom is 0.319 e. The Hall–Kier alpha value is -0.360. The van der Waals surface area contributed by atoms with Crippen LogP contribution < -0.4 is 5.32 Å². The number of likely N-dealkylation sites (tertiary alicyclic amines) is 1. The SMILES string of the molecule is CC(C)N1CCC(NCC(F)(F)C(F)F)C1. The van der Waals surface area contributed by atoms with E-state index in [4.69, 9.17) is 0 Å². The highest BCUT2D eigenvalue weighted by molar-refractivity contribution is 4.85. The van der Waals surface area contributed by atoms with Crippen LogP contribution in [0.3, 0.4) is 0 Å². The predicted octanol–water partition coefficient (Wildman–Crippen LogP) is 1.96. The molecule has 2 nitrogen and oxygen atoms in total. The van der Waals surface area contributed by atoms with Gasteiger partial charge in [0.05, 0.1) is 6.54 Å². The molecule has 1 atom stereocenters. The van der Waals surface area contributed by atoms with Crippen LogP contribution in [0.1, 0.15) is 20.3 Å². The number of nitrogens with zero attached hydrogens (tertiary/aromatic N) is 1. The fraction of sp³-hybridized carbons (Fsp3) is 1.00. The highest BCUT2D eigenvalue weighted by atomic mass is 19.3. The number of hydrogen-bond donors (Lipinski definition) is 1. The van der Waals surface area contributed by atoms with Gasteiger partial charge in [0.1, 0.15) is 0 Å². The van der Waals surface area contributed by atoms with Crippen molar-refractivity contribution in [2.75, 3.05) is 19.6 Å². The third kappa shape index (κ3) is 3.59. The zero-order valence-electron chi connectivity index (χ0n) is 9.52. The Bertz CT molecular complexity index is 221. The Morgan fingerprint density at radius 1 is 1.38 bits per heavy atom. The Morgan fingerprint density at radius 3 is 2.44 bits per heavy atom. The van der Waals surface area contributed by atoms with Crippen LogP contribution in [-0.2, 0) is 0 Å². The molecule has 1 fully saturated rings. The molecule has 0 aliphatic carbocycles. The third-order valence-electron chi connectivity index (χ3n) is 2.90. The summed E-state index contributed by atoms with van der Waals surface area (Å²) in [4.78, 5) is 2.14. The number of rotatable bonds is 5. The van der Waals surface area contributed by atoms with Gasteiger partial charge in [-0.3, -0.25) is 4.90 Å². The zero-order valence-corrected chi connectivity index (χ0v) is 9.52. The highest BCUT2D eigenvalue weighted by Crippen LogP contribution is 2.22. The van der Waals surface area contributed by atoms with Gasteiger partial charge in [-0.2, -0.15) is 8.78 Å². The van der Waals surface area contributed by atoms with Gasteiger partial charge < -0.3 is 5.32 Å². The van der Waals surface area contributed by atoms with Gasteiger partial charge in [-0.15, -0.1) is 0 Å². The Kier molecular flexibility index (Phi) is 4.55. The van der Waals surface area contributed by atoms with Crippen LogP contribution in [-0.4, -0.2) is 49.0 Å². The molecule has 16 heavy (non-hydrogen) atoms.